The molecule has 12 heavy (non-hydrogen) atoms. The summed E-state index contributed by atoms with van der Waals surface area (Å²) in [5.74, 6) is 0.120. The van der Waals surface area contributed by atoms with Gasteiger partial charge in [-0.05, 0) is 0 Å². The van der Waals surface area contributed by atoms with Crippen molar-refractivity contribution in [2.75, 3.05) is 11.5 Å². The van der Waals surface area contributed by atoms with Crippen LogP contribution in [0.2, 0.25) is 0 Å². The van der Waals surface area contributed by atoms with Gasteiger partial charge in [0.1, 0.15) is 0 Å². The number of nitrogen functional groups attached to an aromatic ring is 1. The molecule has 6 nitrogen and oxygen atoms in total. The molecule has 66 valence electrons. The number of primary amides is 1. The van der Waals surface area contributed by atoms with Gasteiger partial charge in [0.25, 0.3) is 0 Å². The van der Waals surface area contributed by atoms with E-state index in [1.807, 2.05) is 0 Å². The van der Waals surface area contributed by atoms with Crippen LogP contribution in [-0.4, -0.2) is 26.4 Å². The quantitative estimate of drug-likeness (QED) is 0.590. The van der Waals surface area contributed by atoms with E-state index >= 15 is 0 Å². The van der Waals surface area contributed by atoms with Gasteiger partial charge in [-0.1, -0.05) is 11.8 Å². The number of hydrogen-bond donors (Lipinski definition) is 2. The van der Waals surface area contributed by atoms with E-state index in [0.29, 0.717) is 11.1 Å². The van der Waals surface area contributed by atoms with Gasteiger partial charge in [0.15, 0.2) is 5.16 Å². The molecule has 0 saturated carbocycles. The van der Waals surface area contributed by atoms with Crippen molar-refractivity contribution in [2.45, 2.75) is 5.16 Å². The molecule has 0 spiro atoms. The third kappa shape index (κ3) is 1.88. The molecule has 0 unspecified atom stereocenters. The lowest BCUT2D eigenvalue weighted by Gasteiger charge is -1.97. The van der Waals surface area contributed by atoms with Crippen molar-refractivity contribution in [1.82, 2.24) is 14.8 Å². The molecule has 0 bridgehead atoms. The zero-order valence-electron chi connectivity index (χ0n) is 6.52. The van der Waals surface area contributed by atoms with Crippen molar-refractivity contribution in [1.29, 1.82) is 0 Å². The Morgan fingerprint density at radius 1 is 1.67 bits per heavy atom. The summed E-state index contributed by atoms with van der Waals surface area (Å²) in [4.78, 5) is 10.4. The van der Waals surface area contributed by atoms with Gasteiger partial charge in [-0.25, -0.2) is 0 Å². The summed E-state index contributed by atoms with van der Waals surface area (Å²) in [6.07, 6.45) is 0. The van der Waals surface area contributed by atoms with E-state index in [2.05, 4.69) is 10.2 Å². The summed E-state index contributed by atoms with van der Waals surface area (Å²) in [6.45, 7) is 0. The Morgan fingerprint density at radius 2 is 2.33 bits per heavy atom. The second-order valence-electron chi connectivity index (χ2n) is 2.15. The van der Waals surface area contributed by atoms with Gasteiger partial charge in [0.2, 0.25) is 11.9 Å². The predicted octanol–water partition coefficient (Wildman–Crippen LogP) is -1.03. The summed E-state index contributed by atoms with van der Waals surface area (Å²) < 4.78 is 1.59. The molecule has 0 aliphatic carbocycles. The van der Waals surface area contributed by atoms with E-state index in [9.17, 15) is 4.79 Å². The lowest BCUT2D eigenvalue weighted by atomic mass is 10.8. The summed E-state index contributed by atoms with van der Waals surface area (Å²) >= 11 is 1.21. The molecule has 1 aromatic heterocycles. The molecule has 0 radical (unpaired) electrons. The Bertz CT molecular complexity index is 296. The Kier molecular flexibility index (Phi) is 2.54. The smallest absolute Gasteiger partial charge is 0.227 e. The molecule has 1 aromatic rings. The monoisotopic (exact) mass is 187 g/mol. The molecular weight excluding hydrogens is 178 g/mol. The van der Waals surface area contributed by atoms with E-state index in [1.165, 1.54) is 11.8 Å². The maximum Gasteiger partial charge on any atom is 0.227 e. The zero-order valence-corrected chi connectivity index (χ0v) is 7.34. The molecule has 0 atom stereocenters. The molecule has 0 aliphatic heterocycles. The molecule has 7 heteroatoms. The number of nitrogens with zero attached hydrogens (tertiary/aromatic N) is 3. The summed E-state index contributed by atoms with van der Waals surface area (Å²) in [5.41, 5.74) is 10.4. The molecule has 1 heterocycles. The zero-order chi connectivity index (χ0) is 9.14. The molecule has 0 fully saturated rings. The van der Waals surface area contributed by atoms with Crippen LogP contribution >= 0.6 is 11.8 Å². The number of anilines is 1. The van der Waals surface area contributed by atoms with Crippen LogP contribution in [0.25, 0.3) is 0 Å². The number of nitrogens with two attached hydrogens (primary N) is 2. The average Bonchev–Trinajstić information content (AvgIpc) is 2.30. The van der Waals surface area contributed by atoms with Crippen molar-refractivity contribution >= 4 is 23.6 Å². The van der Waals surface area contributed by atoms with Crippen LogP contribution in [0.15, 0.2) is 5.16 Å². The van der Waals surface area contributed by atoms with E-state index in [1.54, 1.807) is 11.6 Å². The van der Waals surface area contributed by atoms with Gasteiger partial charge < -0.3 is 11.5 Å². The fourth-order valence-electron chi connectivity index (χ4n) is 0.588. The van der Waals surface area contributed by atoms with Crippen LogP contribution in [-0.2, 0) is 11.8 Å². The normalized spacial score (nSPS) is 10.1. The van der Waals surface area contributed by atoms with E-state index in [-0.39, 0.29) is 11.7 Å². The van der Waals surface area contributed by atoms with Crippen LogP contribution in [0, 0.1) is 0 Å². The number of carbonyl (C=O) groups is 1. The first kappa shape index (κ1) is 8.85. The maximum atomic E-state index is 10.4. The third-order valence-corrected chi connectivity index (χ3v) is 2.25. The Hall–Kier alpha value is -1.24. The van der Waals surface area contributed by atoms with Gasteiger partial charge in [0.05, 0.1) is 5.75 Å². The van der Waals surface area contributed by atoms with Gasteiger partial charge >= 0.3 is 0 Å². The summed E-state index contributed by atoms with van der Waals surface area (Å²) in [7, 11) is 1.72. The molecule has 4 N–H and O–H groups in total. The van der Waals surface area contributed by atoms with Crippen molar-refractivity contribution in [3.8, 4) is 0 Å². The minimum absolute atomic E-state index is 0.186. The summed E-state index contributed by atoms with van der Waals surface area (Å²) in [6, 6.07) is 0. The second kappa shape index (κ2) is 3.44. The highest BCUT2D eigenvalue weighted by atomic mass is 32.2. The SMILES string of the molecule is Cn1c(N)nnc1SCC(N)=O. The van der Waals surface area contributed by atoms with E-state index in [4.69, 9.17) is 11.5 Å². The van der Waals surface area contributed by atoms with Crippen LogP contribution in [0.5, 0.6) is 0 Å². The number of thioether (sulfide) groups is 1. The standard InChI is InChI=1S/C5H9N5OS/c1-10-4(7)8-9-5(10)12-2-3(6)11/h2H2,1H3,(H2,6,11)(H2,7,8). The van der Waals surface area contributed by atoms with Gasteiger partial charge in [-0.2, -0.15) is 0 Å². The number of aromatic nitrogens is 3. The number of amides is 1. The molecule has 1 amide bonds. The Morgan fingerprint density at radius 3 is 2.75 bits per heavy atom. The minimum Gasteiger partial charge on any atom is -0.369 e. The van der Waals surface area contributed by atoms with Crippen molar-refractivity contribution in [3.63, 3.8) is 0 Å². The first-order chi connectivity index (χ1) is 5.61. The number of carbonyl (C=O) groups excluding carboxylic acids is 1. The van der Waals surface area contributed by atoms with Crippen LogP contribution < -0.4 is 11.5 Å². The topological polar surface area (TPSA) is 99.8 Å². The van der Waals surface area contributed by atoms with E-state index < -0.39 is 0 Å². The van der Waals surface area contributed by atoms with Gasteiger partial charge in [-0.3, -0.25) is 9.36 Å². The van der Waals surface area contributed by atoms with Crippen molar-refractivity contribution < 1.29 is 4.79 Å². The second-order valence-corrected chi connectivity index (χ2v) is 3.10. The Labute approximate surface area is 73.3 Å². The minimum atomic E-state index is -0.387. The Balaban J connectivity index is 2.63. The van der Waals surface area contributed by atoms with Crippen LogP contribution in [0.3, 0.4) is 0 Å². The van der Waals surface area contributed by atoms with Crippen LogP contribution in [0.1, 0.15) is 0 Å². The maximum absolute atomic E-state index is 10.4. The highest BCUT2D eigenvalue weighted by Crippen LogP contribution is 2.15. The molecule has 0 saturated heterocycles. The lowest BCUT2D eigenvalue weighted by molar-refractivity contribution is -0.115. The molecule has 0 aromatic carbocycles. The van der Waals surface area contributed by atoms with E-state index in [0.717, 1.165) is 0 Å². The van der Waals surface area contributed by atoms with Crippen molar-refractivity contribution in [3.05, 3.63) is 0 Å². The molecule has 1 rings (SSSR count). The number of rotatable bonds is 3. The highest BCUT2D eigenvalue weighted by Gasteiger charge is 2.06. The molecule has 0 aliphatic rings. The highest BCUT2D eigenvalue weighted by molar-refractivity contribution is 7.99. The third-order valence-electron chi connectivity index (χ3n) is 1.21. The van der Waals surface area contributed by atoms with Gasteiger partial charge in [-0.15, -0.1) is 10.2 Å². The van der Waals surface area contributed by atoms with Gasteiger partial charge in [0, 0.05) is 7.05 Å². The average molecular weight is 187 g/mol. The van der Waals surface area contributed by atoms with Crippen molar-refractivity contribution in [2.24, 2.45) is 12.8 Å². The number of hydrogen-bond acceptors (Lipinski definition) is 5. The first-order valence-electron chi connectivity index (χ1n) is 3.17. The summed E-state index contributed by atoms with van der Waals surface area (Å²) in [5, 5.41) is 7.93. The lowest BCUT2D eigenvalue weighted by Crippen LogP contribution is -2.13. The fourth-order valence-corrected chi connectivity index (χ4v) is 1.24. The molecular formula is C5H9N5OS. The fraction of sp³-hybridized carbons (Fsp3) is 0.400. The van der Waals surface area contributed by atoms with Crippen LogP contribution in [0.4, 0.5) is 5.95 Å². The first-order valence-corrected chi connectivity index (χ1v) is 4.16. The largest absolute Gasteiger partial charge is 0.369 e. The predicted molar refractivity (Wildman–Crippen MR) is 45.3 cm³/mol.